The molecule has 1 aliphatic rings. The summed E-state index contributed by atoms with van der Waals surface area (Å²) in [6.07, 6.45) is 3.51. The monoisotopic (exact) mass is 272 g/mol. The maximum Gasteiger partial charge on any atom is 0.0557 e. The van der Waals surface area contributed by atoms with Crippen LogP contribution >= 0.6 is 23.5 Å². The van der Waals surface area contributed by atoms with Crippen molar-refractivity contribution in [3.05, 3.63) is 0 Å². The number of hydrogen-bond acceptors (Lipinski definition) is 2. The Morgan fingerprint density at radius 3 is 0.944 bits per heavy atom. The molecule has 0 fully saturated rings. The smallest absolute Gasteiger partial charge is 0.0557 e. The van der Waals surface area contributed by atoms with E-state index in [4.69, 9.17) is 0 Å². The Labute approximate surface area is 119 Å². The molecule has 0 N–H and O–H groups in total. The molecule has 1 heterocycles. The SMILES string of the molecule is C1#CCSCC#CCCC#CCSCC#CCC1. The summed E-state index contributed by atoms with van der Waals surface area (Å²) in [5.74, 6) is 28.6. The summed E-state index contributed by atoms with van der Waals surface area (Å²) >= 11 is 3.55. The van der Waals surface area contributed by atoms with Crippen LogP contribution in [0.4, 0.5) is 0 Å². The third-order valence-corrected chi connectivity index (χ3v) is 3.34. The molecule has 0 bridgehead atoms. The standard InChI is InChI=1S/C16H16S2/c1-2-6-10-14-18-16-12-8-4-3-7-11-15-17-13-9-5-1/h1-4,13-16H2. The maximum absolute atomic E-state index is 3.14. The minimum atomic E-state index is 0.873. The van der Waals surface area contributed by atoms with E-state index in [1.165, 1.54) is 0 Å². The van der Waals surface area contributed by atoms with Crippen molar-refractivity contribution in [2.45, 2.75) is 25.7 Å². The van der Waals surface area contributed by atoms with Crippen molar-refractivity contribution in [2.75, 3.05) is 23.0 Å². The maximum atomic E-state index is 3.14. The van der Waals surface area contributed by atoms with Crippen LogP contribution in [0.1, 0.15) is 25.7 Å². The fraction of sp³-hybridized carbons (Fsp3) is 0.500. The third-order valence-electron chi connectivity index (χ3n) is 1.95. The van der Waals surface area contributed by atoms with Crippen molar-refractivity contribution in [1.82, 2.24) is 0 Å². The number of thioether (sulfide) groups is 2. The molecule has 92 valence electrons. The minimum Gasteiger partial charge on any atom is -0.136 e. The molecule has 1 aliphatic heterocycles. The Morgan fingerprint density at radius 2 is 0.667 bits per heavy atom. The van der Waals surface area contributed by atoms with Gasteiger partial charge in [-0.25, -0.2) is 0 Å². The van der Waals surface area contributed by atoms with Crippen LogP contribution in [0.15, 0.2) is 0 Å². The molecule has 2 heteroatoms. The first-order valence-corrected chi connectivity index (χ1v) is 8.29. The van der Waals surface area contributed by atoms with Crippen LogP contribution in [0, 0.1) is 47.4 Å². The van der Waals surface area contributed by atoms with Gasteiger partial charge in [-0.3, -0.25) is 0 Å². The largest absolute Gasteiger partial charge is 0.136 e. The molecule has 0 spiro atoms. The zero-order valence-electron chi connectivity index (χ0n) is 10.5. The van der Waals surface area contributed by atoms with Crippen molar-refractivity contribution in [3.8, 4) is 47.4 Å². The lowest BCUT2D eigenvalue weighted by molar-refractivity contribution is 1.12. The Balaban J connectivity index is 2.35. The Morgan fingerprint density at radius 1 is 0.389 bits per heavy atom. The van der Waals surface area contributed by atoms with Gasteiger partial charge in [-0.1, -0.05) is 23.7 Å². The van der Waals surface area contributed by atoms with Gasteiger partial charge in [-0.2, -0.15) is 0 Å². The van der Waals surface area contributed by atoms with Crippen LogP contribution in [0.3, 0.4) is 0 Å². The van der Waals surface area contributed by atoms with E-state index in [0.717, 1.165) is 48.7 Å². The van der Waals surface area contributed by atoms with E-state index >= 15 is 0 Å². The lowest BCUT2D eigenvalue weighted by atomic mass is 10.3. The first-order chi connectivity index (χ1) is 9.00. The normalized spacial score (nSPS) is 16.9. The molecule has 0 aromatic rings. The first-order valence-electron chi connectivity index (χ1n) is 5.98. The van der Waals surface area contributed by atoms with Crippen molar-refractivity contribution < 1.29 is 0 Å². The zero-order chi connectivity index (χ0) is 12.7. The van der Waals surface area contributed by atoms with E-state index in [-0.39, 0.29) is 0 Å². The molecule has 18 heavy (non-hydrogen) atoms. The Bertz CT molecular complexity index is 370. The summed E-state index contributed by atoms with van der Waals surface area (Å²) in [7, 11) is 0. The zero-order valence-corrected chi connectivity index (χ0v) is 12.1. The van der Waals surface area contributed by atoms with E-state index in [1.807, 2.05) is 0 Å². The quantitative estimate of drug-likeness (QED) is 0.622. The molecular formula is C16H16S2. The summed E-state index contributed by atoms with van der Waals surface area (Å²) in [6.45, 7) is 0. The molecule has 0 radical (unpaired) electrons. The summed E-state index contributed by atoms with van der Waals surface area (Å²) in [5.41, 5.74) is 0. The molecule has 0 saturated carbocycles. The predicted molar refractivity (Wildman–Crippen MR) is 84.2 cm³/mol. The molecule has 0 aliphatic carbocycles. The van der Waals surface area contributed by atoms with E-state index in [0.29, 0.717) is 0 Å². The Hall–Kier alpha value is -1.06. The van der Waals surface area contributed by atoms with Crippen LogP contribution in [-0.4, -0.2) is 23.0 Å². The summed E-state index contributed by atoms with van der Waals surface area (Å²) < 4.78 is 0. The van der Waals surface area contributed by atoms with Gasteiger partial charge in [0.05, 0.1) is 23.0 Å². The highest BCUT2D eigenvalue weighted by molar-refractivity contribution is 7.99. The summed E-state index contributed by atoms with van der Waals surface area (Å²) in [4.78, 5) is 0. The van der Waals surface area contributed by atoms with Gasteiger partial charge in [-0.05, 0) is 0 Å². The fourth-order valence-corrected chi connectivity index (χ4v) is 2.13. The molecule has 0 saturated heterocycles. The van der Waals surface area contributed by atoms with Gasteiger partial charge >= 0.3 is 0 Å². The third kappa shape index (κ3) is 10.1. The highest BCUT2D eigenvalue weighted by Gasteiger charge is 1.82. The lowest BCUT2D eigenvalue weighted by Gasteiger charge is -1.88. The second kappa shape index (κ2) is 12.4. The second-order valence-corrected chi connectivity index (χ2v) is 5.37. The molecule has 0 aromatic carbocycles. The molecule has 0 unspecified atom stereocenters. The highest BCUT2D eigenvalue weighted by Crippen LogP contribution is 1.98. The molecule has 0 aromatic heterocycles. The number of hydrogen-bond donors (Lipinski definition) is 0. The minimum absolute atomic E-state index is 0.873. The van der Waals surface area contributed by atoms with Gasteiger partial charge in [0.25, 0.3) is 0 Å². The second-order valence-electron chi connectivity index (χ2n) is 3.40. The fourth-order valence-electron chi connectivity index (χ4n) is 1.11. The van der Waals surface area contributed by atoms with Gasteiger partial charge in [0, 0.05) is 25.7 Å². The van der Waals surface area contributed by atoms with Crippen LogP contribution in [0.25, 0.3) is 0 Å². The van der Waals surface area contributed by atoms with Crippen LogP contribution in [-0.2, 0) is 0 Å². The van der Waals surface area contributed by atoms with Gasteiger partial charge in [0.15, 0.2) is 0 Å². The molecule has 0 atom stereocenters. The van der Waals surface area contributed by atoms with Crippen molar-refractivity contribution in [3.63, 3.8) is 0 Å². The van der Waals surface area contributed by atoms with Gasteiger partial charge < -0.3 is 0 Å². The average Bonchev–Trinajstić information content (AvgIpc) is 2.39. The molecule has 0 amide bonds. The highest BCUT2D eigenvalue weighted by atomic mass is 32.2. The molecular weight excluding hydrogens is 256 g/mol. The van der Waals surface area contributed by atoms with Crippen molar-refractivity contribution in [1.29, 1.82) is 0 Å². The van der Waals surface area contributed by atoms with Crippen molar-refractivity contribution in [2.24, 2.45) is 0 Å². The topological polar surface area (TPSA) is 0 Å². The summed E-state index contributed by atoms with van der Waals surface area (Å²) in [5, 5.41) is 0. The molecule has 1 rings (SSSR count). The van der Waals surface area contributed by atoms with Crippen LogP contribution in [0.5, 0.6) is 0 Å². The van der Waals surface area contributed by atoms with Gasteiger partial charge in [0.1, 0.15) is 0 Å². The molecule has 0 nitrogen and oxygen atoms in total. The average molecular weight is 272 g/mol. The van der Waals surface area contributed by atoms with E-state index in [1.54, 1.807) is 23.5 Å². The lowest BCUT2D eigenvalue weighted by Crippen LogP contribution is -1.78. The van der Waals surface area contributed by atoms with Gasteiger partial charge in [0.2, 0.25) is 0 Å². The first kappa shape index (κ1) is 15.0. The van der Waals surface area contributed by atoms with E-state index in [9.17, 15) is 0 Å². The van der Waals surface area contributed by atoms with E-state index in [2.05, 4.69) is 47.4 Å². The van der Waals surface area contributed by atoms with Crippen LogP contribution in [0.2, 0.25) is 0 Å². The summed E-state index contributed by atoms with van der Waals surface area (Å²) in [6, 6.07) is 0. The Kier molecular flexibility index (Phi) is 10.3. The van der Waals surface area contributed by atoms with Crippen molar-refractivity contribution >= 4 is 23.5 Å². The van der Waals surface area contributed by atoms with Crippen LogP contribution < -0.4 is 0 Å². The van der Waals surface area contributed by atoms with E-state index < -0.39 is 0 Å². The predicted octanol–water partition coefficient (Wildman–Crippen LogP) is 3.04. The van der Waals surface area contributed by atoms with Gasteiger partial charge in [-0.15, -0.1) is 47.2 Å². The number of rotatable bonds is 0.